The number of hydrogen-bond donors (Lipinski definition) is 1. The first-order valence-electron chi connectivity index (χ1n) is 7.74. The summed E-state index contributed by atoms with van der Waals surface area (Å²) >= 11 is 0. The molecule has 1 heterocycles. The highest BCUT2D eigenvalue weighted by atomic mass is 16.5. The SMILES string of the molecule is CCCOc1ccc(C(N)c2cccn(C(C)C)c2=O)cc1. The van der Waals surface area contributed by atoms with Gasteiger partial charge in [0.05, 0.1) is 12.6 Å². The molecule has 0 spiro atoms. The maximum atomic E-state index is 12.5. The van der Waals surface area contributed by atoms with Gasteiger partial charge in [0.15, 0.2) is 0 Å². The summed E-state index contributed by atoms with van der Waals surface area (Å²) in [6.45, 7) is 6.73. The van der Waals surface area contributed by atoms with Crippen molar-refractivity contribution in [1.82, 2.24) is 4.57 Å². The van der Waals surface area contributed by atoms with Crippen LogP contribution in [0.4, 0.5) is 0 Å². The molecule has 118 valence electrons. The second-order valence-electron chi connectivity index (χ2n) is 5.66. The average molecular weight is 300 g/mol. The Labute approximate surface area is 131 Å². The highest BCUT2D eigenvalue weighted by Crippen LogP contribution is 2.20. The molecule has 1 unspecified atom stereocenters. The van der Waals surface area contributed by atoms with Crippen LogP contribution in [-0.4, -0.2) is 11.2 Å². The summed E-state index contributed by atoms with van der Waals surface area (Å²) in [6.07, 6.45) is 2.77. The van der Waals surface area contributed by atoms with Gasteiger partial charge in [-0.3, -0.25) is 4.79 Å². The minimum Gasteiger partial charge on any atom is -0.494 e. The Morgan fingerprint density at radius 3 is 2.45 bits per heavy atom. The minimum absolute atomic E-state index is 0.0312. The van der Waals surface area contributed by atoms with Crippen molar-refractivity contribution >= 4 is 0 Å². The van der Waals surface area contributed by atoms with E-state index in [4.69, 9.17) is 10.5 Å². The molecule has 0 saturated carbocycles. The van der Waals surface area contributed by atoms with Gasteiger partial charge < -0.3 is 15.0 Å². The van der Waals surface area contributed by atoms with Gasteiger partial charge in [-0.15, -0.1) is 0 Å². The number of rotatable bonds is 6. The Balaban J connectivity index is 2.26. The maximum absolute atomic E-state index is 12.5. The van der Waals surface area contributed by atoms with E-state index in [1.807, 2.05) is 44.2 Å². The largest absolute Gasteiger partial charge is 0.494 e. The van der Waals surface area contributed by atoms with E-state index in [2.05, 4.69) is 6.92 Å². The van der Waals surface area contributed by atoms with Crippen LogP contribution in [0.1, 0.15) is 50.4 Å². The fourth-order valence-corrected chi connectivity index (χ4v) is 2.34. The lowest BCUT2D eigenvalue weighted by Gasteiger charge is -2.16. The lowest BCUT2D eigenvalue weighted by Crippen LogP contribution is -2.29. The van der Waals surface area contributed by atoms with Crippen LogP contribution in [0.15, 0.2) is 47.4 Å². The molecule has 0 fully saturated rings. The molecule has 4 heteroatoms. The second kappa shape index (κ2) is 7.27. The molecule has 0 radical (unpaired) electrons. The smallest absolute Gasteiger partial charge is 0.255 e. The van der Waals surface area contributed by atoms with Gasteiger partial charge in [-0.2, -0.15) is 0 Å². The van der Waals surface area contributed by atoms with Gasteiger partial charge in [0.25, 0.3) is 5.56 Å². The first-order chi connectivity index (χ1) is 10.5. The van der Waals surface area contributed by atoms with E-state index in [0.717, 1.165) is 17.7 Å². The molecule has 0 aliphatic rings. The van der Waals surface area contributed by atoms with Crippen LogP contribution >= 0.6 is 0 Å². The summed E-state index contributed by atoms with van der Waals surface area (Å²) in [5, 5.41) is 0. The molecule has 4 nitrogen and oxygen atoms in total. The van der Waals surface area contributed by atoms with Gasteiger partial charge in [0.1, 0.15) is 5.75 Å². The lowest BCUT2D eigenvalue weighted by molar-refractivity contribution is 0.317. The second-order valence-corrected chi connectivity index (χ2v) is 5.66. The van der Waals surface area contributed by atoms with E-state index < -0.39 is 6.04 Å². The van der Waals surface area contributed by atoms with Crippen LogP contribution in [0.5, 0.6) is 5.75 Å². The van der Waals surface area contributed by atoms with Crippen LogP contribution in [-0.2, 0) is 0 Å². The molecular weight excluding hydrogens is 276 g/mol. The highest BCUT2D eigenvalue weighted by Gasteiger charge is 2.15. The molecule has 2 aromatic rings. The molecule has 0 saturated heterocycles. The van der Waals surface area contributed by atoms with E-state index in [0.29, 0.717) is 12.2 Å². The normalized spacial score (nSPS) is 12.4. The van der Waals surface area contributed by atoms with Crippen molar-refractivity contribution in [2.45, 2.75) is 39.3 Å². The van der Waals surface area contributed by atoms with Crippen LogP contribution < -0.4 is 16.0 Å². The van der Waals surface area contributed by atoms with Crippen LogP contribution in [0.2, 0.25) is 0 Å². The Morgan fingerprint density at radius 1 is 1.18 bits per heavy atom. The van der Waals surface area contributed by atoms with Crippen molar-refractivity contribution in [1.29, 1.82) is 0 Å². The summed E-state index contributed by atoms with van der Waals surface area (Å²) in [6, 6.07) is 11.0. The van der Waals surface area contributed by atoms with Crippen molar-refractivity contribution in [3.8, 4) is 5.75 Å². The van der Waals surface area contributed by atoms with E-state index in [1.54, 1.807) is 16.8 Å². The molecule has 22 heavy (non-hydrogen) atoms. The standard InChI is InChI=1S/C18H24N2O2/c1-4-12-22-15-9-7-14(8-10-15)17(19)16-6-5-11-20(13(2)3)18(16)21/h5-11,13,17H,4,12,19H2,1-3H3. The Hall–Kier alpha value is -2.07. The number of nitrogens with two attached hydrogens (primary N) is 1. The van der Waals surface area contributed by atoms with E-state index in [9.17, 15) is 4.79 Å². The first kappa shape index (κ1) is 16.3. The van der Waals surface area contributed by atoms with Gasteiger partial charge in [-0.05, 0) is 44.0 Å². The number of benzene rings is 1. The third-order valence-electron chi connectivity index (χ3n) is 3.61. The average Bonchev–Trinajstić information content (AvgIpc) is 2.52. The molecule has 1 aromatic carbocycles. The van der Waals surface area contributed by atoms with Gasteiger partial charge in [0.2, 0.25) is 0 Å². The fourth-order valence-electron chi connectivity index (χ4n) is 2.34. The maximum Gasteiger partial charge on any atom is 0.255 e. The molecule has 0 aliphatic heterocycles. The van der Waals surface area contributed by atoms with Crippen molar-refractivity contribution in [3.63, 3.8) is 0 Å². The third kappa shape index (κ3) is 3.57. The van der Waals surface area contributed by atoms with Crippen molar-refractivity contribution < 1.29 is 4.74 Å². The highest BCUT2D eigenvalue weighted by molar-refractivity contribution is 5.34. The van der Waals surface area contributed by atoms with Gasteiger partial charge in [-0.25, -0.2) is 0 Å². The van der Waals surface area contributed by atoms with Gasteiger partial charge in [0, 0.05) is 17.8 Å². The van der Waals surface area contributed by atoms with Gasteiger partial charge in [-0.1, -0.05) is 25.1 Å². The predicted molar refractivity (Wildman–Crippen MR) is 89.3 cm³/mol. The number of ether oxygens (including phenoxy) is 1. The van der Waals surface area contributed by atoms with Crippen molar-refractivity contribution in [2.75, 3.05) is 6.61 Å². The summed E-state index contributed by atoms with van der Waals surface area (Å²) in [4.78, 5) is 12.5. The predicted octanol–water partition coefficient (Wildman–Crippen LogP) is 3.27. The van der Waals surface area contributed by atoms with Crippen LogP contribution in [0.3, 0.4) is 0 Å². The minimum atomic E-state index is -0.432. The summed E-state index contributed by atoms with van der Waals surface area (Å²) in [5.74, 6) is 0.824. The van der Waals surface area contributed by atoms with E-state index in [1.165, 1.54) is 0 Å². The summed E-state index contributed by atoms with van der Waals surface area (Å²) in [5.41, 5.74) is 7.77. The Bertz CT molecular complexity index is 660. The number of hydrogen-bond acceptors (Lipinski definition) is 3. The van der Waals surface area contributed by atoms with E-state index in [-0.39, 0.29) is 11.6 Å². The lowest BCUT2D eigenvalue weighted by atomic mass is 10.0. The third-order valence-corrected chi connectivity index (χ3v) is 3.61. The zero-order valence-electron chi connectivity index (χ0n) is 13.5. The summed E-state index contributed by atoms with van der Waals surface area (Å²) in [7, 11) is 0. The molecule has 0 bridgehead atoms. The molecule has 1 atom stereocenters. The van der Waals surface area contributed by atoms with Crippen molar-refractivity contribution in [2.24, 2.45) is 5.73 Å². The Morgan fingerprint density at radius 2 is 1.86 bits per heavy atom. The van der Waals surface area contributed by atoms with Crippen LogP contribution in [0, 0.1) is 0 Å². The van der Waals surface area contributed by atoms with Crippen molar-refractivity contribution in [3.05, 3.63) is 64.1 Å². The number of aromatic nitrogens is 1. The molecule has 2 N–H and O–H groups in total. The molecule has 1 aromatic heterocycles. The first-order valence-corrected chi connectivity index (χ1v) is 7.74. The monoisotopic (exact) mass is 300 g/mol. The van der Waals surface area contributed by atoms with Crippen LogP contribution in [0.25, 0.3) is 0 Å². The molecular formula is C18H24N2O2. The molecule has 0 amide bonds. The molecule has 0 aliphatic carbocycles. The Kier molecular flexibility index (Phi) is 5.39. The quantitative estimate of drug-likeness (QED) is 0.890. The zero-order chi connectivity index (χ0) is 16.1. The zero-order valence-corrected chi connectivity index (χ0v) is 13.5. The van der Waals surface area contributed by atoms with Gasteiger partial charge >= 0.3 is 0 Å². The van der Waals surface area contributed by atoms with E-state index >= 15 is 0 Å². The fraction of sp³-hybridized carbons (Fsp3) is 0.389. The summed E-state index contributed by atoms with van der Waals surface area (Å²) < 4.78 is 7.27. The molecule has 2 rings (SSSR count). The number of nitrogens with zero attached hydrogens (tertiary/aromatic N) is 1. The topological polar surface area (TPSA) is 57.2 Å². The number of pyridine rings is 1.